The molecule has 0 saturated carbocycles. The Bertz CT molecular complexity index is 583. The van der Waals surface area contributed by atoms with Gasteiger partial charge in [0.1, 0.15) is 23.6 Å². The molecule has 8 nitrogen and oxygen atoms in total. The third kappa shape index (κ3) is 2.63. The van der Waals surface area contributed by atoms with Crippen LogP contribution in [-0.2, 0) is 9.53 Å². The Morgan fingerprint density at radius 3 is 3.05 bits per heavy atom. The zero-order valence-corrected chi connectivity index (χ0v) is 10.6. The molecule has 2 heterocycles. The van der Waals surface area contributed by atoms with Crippen LogP contribution in [0.1, 0.15) is 12.6 Å². The number of anilines is 1. The fourth-order valence-corrected chi connectivity index (χ4v) is 1.62. The highest BCUT2D eigenvalue weighted by Crippen LogP contribution is 2.22. The number of carbonyl (C=O) groups is 1. The lowest BCUT2D eigenvalue weighted by molar-refractivity contribution is -0.144. The summed E-state index contributed by atoms with van der Waals surface area (Å²) in [6.07, 6.45) is 1.29. The number of aliphatic hydroxyl groups is 1. The van der Waals surface area contributed by atoms with Gasteiger partial charge in [-0.15, -0.1) is 0 Å². The smallest absolute Gasteiger partial charge is 0.331 e. The van der Waals surface area contributed by atoms with Crippen molar-refractivity contribution >= 4 is 22.9 Å². The summed E-state index contributed by atoms with van der Waals surface area (Å²) in [5.74, 6) is -0.179. The molecule has 102 valence electrons. The average Bonchev–Trinajstić information content (AvgIpc) is 2.79. The Hall–Kier alpha value is -2.22. The number of carbonyl (C=O) groups excluding carboxylic acids is 1. The number of aliphatic hydroxyl groups excluding tert-OH is 1. The Morgan fingerprint density at radius 1 is 1.58 bits per heavy atom. The topological polar surface area (TPSA) is 110 Å². The van der Waals surface area contributed by atoms with Crippen LogP contribution >= 0.6 is 0 Å². The summed E-state index contributed by atoms with van der Waals surface area (Å²) in [7, 11) is 0. The second-order valence-electron chi connectivity index (χ2n) is 3.80. The van der Waals surface area contributed by atoms with E-state index in [1.807, 2.05) is 0 Å². The molecule has 0 spiro atoms. The first-order valence-corrected chi connectivity index (χ1v) is 5.78. The number of aromatic nitrogens is 3. The normalized spacial score (nSPS) is 12.4. The minimum atomic E-state index is -0.896. The fourth-order valence-electron chi connectivity index (χ4n) is 1.62. The summed E-state index contributed by atoms with van der Waals surface area (Å²) in [5, 5.41) is 16.4. The molecule has 0 aliphatic heterocycles. The van der Waals surface area contributed by atoms with Crippen molar-refractivity contribution in [3.8, 4) is 0 Å². The maximum Gasteiger partial charge on any atom is 0.331 e. The largest absolute Gasteiger partial charge is 0.464 e. The van der Waals surface area contributed by atoms with Crippen LogP contribution in [0.2, 0.25) is 0 Å². The lowest BCUT2D eigenvalue weighted by Gasteiger charge is -2.15. The molecule has 8 heteroatoms. The minimum Gasteiger partial charge on any atom is -0.464 e. The zero-order chi connectivity index (χ0) is 13.8. The molecule has 0 radical (unpaired) electrons. The maximum absolute atomic E-state index is 11.6. The van der Waals surface area contributed by atoms with E-state index in [9.17, 15) is 9.90 Å². The van der Waals surface area contributed by atoms with Crippen molar-refractivity contribution in [2.75, 3.05) is 18.5 Å². The van der Waals surface area contributed by atoms with Crippen molar-refractivity contribution < 1.29 is 19.2 Å². The van der Waals surface area contributed by atoms with Crippen LogP contribution in [0.15, 0.2) is 10.9 Å². The van der Waals surface area contributed by atoms with Gasteiger partial charge in [0.2, 0.25) is 0 Å². The van der Waals surface area contributed by atoms with Crippen molar-refractivity contribution in [3.63, 3.8) is 0 Å². The minimum absolute atomic E-state index is 0.239. The van der Waals surface area contributed by atoms with Gasteiger partial charge in [-0.2, -0.15) is 4.98 Å². The van der Waals surface area contributed by atoms with Gasteiger partial charge in [-0.05, 0) is 13.8 Å². The number of esters is 1. The number of rotatable bonds is 5. The molecule has 0 aliphatic rings. The molecule has 0 aliphatic carbocycles. The Morgan fingerprint density at radius 2 is 2.37 bits per heavy atom. The standard InChI is InChI=1S/C11H14N4O4/c1-3-18-11(17)7(4-16)14-9-8-6(2)15-19-10(8)13-5-12-9/h5,7,16H,3-4H2,1-2H3,(H,12,13,14)/t7-/m1/s1. The molecule has 0 fully saturated rings. The first kappa shape index (κ1) is 13.2. The number of aryl methyl sites for hydroxylation is 1. The summed E-state index contributed by atoms with van der Waals surface area (Å²) in [4.78, 5) is 19.6. The summed E-state index contributed by atoms with van der Waals surface area (Å²) < 4.78 is 9.84. The summed E-state index contributed by atoms with van der Waals surface area (Å²) >= 11 is 0. The third-order valence-corrected chi connectivity index (χ3v) is 2.51. The van der Waals surface area contributed by atoms with Gasteiger partial charge in [0.25, 0.3) is 5.71 Å². The first-order valence-electron chi connectivity index (χ1n) is 5.78. The van der Waals surface area contributed by atoms with E-state index in [0.717, 1.165) is 0 Å². The lowest BCUT2D eigenvalue weighted by Crippen LogP contribution is -2.35. The van der Waals surface area contributed by atoms with E-state index < -0.39 is 18.6 Å². The number of nitrogens with zero attached hydrogens (tertiary/aromatic N) is 3. The van der Waals surface area contributed by atoms with Crippen LogP contribution in [-0.4, -0.2) is 45.5 Å². The van der Waals surface area contributed by atoms with Crippen LogP contribution in [0.3, 0.4) is 0 Å². The molecule has 2 N–H and O–H groups in total. The molecule has 0 unspecified atom stereocenters. The molecule has 2 aromatic rings. The monoisotopic (exact) mass is 266 g/mol. The number of fused-ring (bicyclic) bond motifs is 1. The van der Waals surface area contributed by atoms with Crippen LogP contribution < -0.4 is 5.32 Å². The van der Waals surface area contributed by atoms with Crippen molar-refractivity contribution in [1.29, 1.82) is 0 Å². The molecule has 2 rings (SSSR count). The van der Waals surface area contributed by atoms with Crippen LogP contribution in [0.25, 0.3) is 11.1 Å². The van der Waals surface area contributed by atoms with Gasteiger partial charge in [-0.1, -0.05) is 5.16 Å². The summed E-state index contributed by atoms with van der Waals surface area (Å²) in [5.41, 5.74) is 0.911. The first-order chi connectivity index (χ1) is 9.17. The van der Waals surface area contributed by atoms with Gasteiger partial charge in [-0.3, -0.25) is 0 Å². The highest BCUT2D eigenvalue weighted by molar-refractivity contribution is 5.89. The second kappa shape index (κ2) is 5.61. The number of hydrogen-bond donors (Lipinski definition) is 2. The van der Waals surface area contributed by atoms with Gasteiger partial charge in [-0.25, -0.2) is 9.78 Å². The van der Waals surface area contributed by atoms with E-state index in [4.69, 9.17) is 9.26 Å². The van der Waals surface area contributed by atoms with E-state index >= 15 is 0 Å². The Kier molecular flexibility index (Phi) is 3.91. The zero-order valence-electron chi connectivity index (χ0n) is 10.6. The number of ether oxygens (including phenoxy) is 1. The summed E-state index contributed by atoms with van der Waals surface area (Å²) in [6.45, 7) is 3.26. The Labute approximate surface area is 108 Å². The molecule has 0 aromatic carbocycles. The van der Waals surface area contributed by atoms with Gasteiger partial charge < -0.3 is 19.7 Å². The highest BCUT2D eigenvalue weighted by Gasteiger charge is 2.21. The molecule has 2 aromatic heterocycles. The van der Waals surface area contributed by atoms with Crippen LogP contribution in [0.4, 0.5) is 5.82 Å². The van der Waals surface area contributed by atoms with E-state index in [2.05, 4.69) is 20.4 Å². The third-order valence-electron chi connectivity index (χ3n) is 2.51. The molecular weight excluding hydrogens is 252 g/mol. The van der Waals surface area contributed by atoms with Gasteiger partial charge >= 0.3 is 5.97 Å². The van der Waals surface area contributed by atoms with Crippen molar-refractivity contribution in [2.24, 2.45) is 0 Å². The van der Waals surface area contributed by atoms with Crippen LogP contribution in [0, 0.1) is 6.92 Å². The van der Waals surface area contributed by atoms with Crippen LogP contribution in [0.5, 0.6) is 0 Å². The molecule has 0 saturated heterocycles. The van der Waals surface area contributed by atoms with E-state index in [-0.39, 0.29) is 6.61 Å². The van der Waals surface area contributed by atoms with Crippen molar-refractivity contribution in [1.82, 2.24) is 15.1 Å². The second-order valence-corrected chi connectivity index (χ2v) is 3.80. The number of hydrogen-bond acceptors (Lipinski definition) is 8. The van der Waals surface area contributed by atoms with Gasteiger partial charge in [0.15, 0.2) is 0 Å². The highest BCUT2D eigenvalue weighted by atomic mass is 16.5. The Balaban J connectivity index is 2.29. The molecular formula is C11H14N4O4. The molecule has 19 heavy (non-hydrogen) atoms. The van der Waals surface area contributed by atoms with Crippen molar-refractivity contribution in [2.45, 2.75) is 19.9 Å². The maximum atomic E-state index is 11.6. The van der Waals surface area contributed by atoms with Gasteiger partial charge in [0, 0.05) is 0 Å². The van der Waals surface area contributed by atoms with E-state index in [1.54, 1.807) is 13.8 Å². The number of nitrogens with one attached hydrogen (secondary N) is 1. The lowest BCUT2D eigenvalue weighted by atomic mass is 10.2. The van der Waals surface area contributed by atoms with E-state index in [1.165, 1.54) is 6.33 Å². The van der Waals surface area contributed by atoms with Gasteiger partial charge in [0.05, 0.1) is 18.9 Å². The quantitative estimate of drug-likeness (QED) is 0.741. The SMILES string of the molecule is CCOC(=O)[C@@H](CO)Nc1ncnc2onc(C)c12. The fraction of sp³-hybridized carbons (Fsp3) is 0.455. The predicted molar refractivity (Wildman–Crippen MR) is 65.5 cm³/mol. The van der Waals surface area contributed by atoms with Crippen molar-refractivity contribution in [3.05, 3.63) is 12.0 Å². The molecule has 0 bridgehead atoms. The molecule has 1 atom stereocenters. The molecule has 0 amide bonds. The average molecular weight is 266 g/mol. The van der Waals surface area contributed by atoms with E-state index in [0.29, 0.717) is 22.6 Å². The summed E-state index contributed by atoms with van der Waals surface area (Å²) in [6, 6.07) is -0.896. The predicted octanol–water partition coefficient (Wildman–Crippen LogP) is 0.262.